The number of carbonyl (C=O) groups is 2. The van der Waals surface area contributed by atoms with Gasteiger partial charge in [-0.25, -0.2) is 0 Å². The lowest BCUT2D eigenvalue weighted by molar-refractivity contribution is -0.113. The van der Waals surface area contributed by atoms with Crippen molar-refractivity contribution in [2.45, 2.75) is 0 Å². The Morgan fingerprint density at radius 1 is 1.05 bits per heavy atom. The van der Waals surface area contributed by atoms with E-state index >= 15 is 0 Å². The largest absolute Gasteiger partial charge is 0.325 e. The lowest BCUT2D eigenvalue weighted by atomic mass is 10.0. The molecular formula is C15H10BrCl2NO2. The lowest BCUT2D eigenvalue weighted by Gasteiger charge is -2.11. The van der Waals surface area contributed by atoms with Crippen LogP contribution in [-0.4, -0.2) is 17.0 Å². The molecule has 0 spiro atoms. The van der Waals surface area contributed by atoms with E-state index in [-0.39, 0.29) is 17.0 Å². The van der Waals surface area contributed by atoms with Gasteiger partial charge in [0.05, 0.1) is 16.0 Å². The molecule has 0 fully saturated rings. The smallest absolute Gasteiger partial charge is 0.235 e. The molecule has 0 saturated carbocycles. The molecule has 0 heterocycles. The van der Waals surface area contributed by atoms with Crippen molar-refractivity contribution in [3.63, 3.8) is 0 Å². The molecule has 108 valence electrons. The molecular weight excluding hydrogens is 377 g/mol. The third-order valence-electron chi connectivity index (χ3n) is 2.74. The van der Waals surface area contributed by atoms with E-state index in [1.54, 1.807) is 36.4 Å². The maximum Gasteiger partial charge on any atom is 0.235 e. The average molecular weight is 387 g/mol. The Balaban J connectivity index is 2.47. The summed E-state index contributed by atoms with van der Waals surface area (Å²) in [6, 6.07) is 11.4. The van der Waals surface area contributed by atoms with Crippen LogP contribution in [0.15, 0.2) is 42.5 Å². The molecule has 21 heavy (non-hydrogen) atoms. The molecule has 0 aliphatic heterocycles. The van der Waals surface area contributed by atoms with Gasteiger partial charge in [0.1, 0.15) is 0 Å². The molecule has 2 aromatic rings. The van der Waals surface area contributed by atoms with Crippen molar-refractivity contribution in [3.8, 4) is 0 Å². The van der Waals surface area contributed by atoms with Gasteiger partial charge in [-0.05, 0) is 30.3 Å². The monoisotopic (exact) mass is 385 g/mol. The molecule has 0 bridgehead atoms. The first-order chi connectivity index (χ1) is 10.0. The summed E-state index contributed by atoms with van der Waals surface area (Å²) in [4.78, 5) is 24.1. The zero-order valence-corrected chi connectivity index (χ0v) is 13.8. The summed E-state index contributed by atoms with van der Waals surface area (Å²) in [7, 11) is 0. The van der Waals surface area contributed by atoms with Crippen molar-refractivity contribution >= 4 is 56.5 Å². The Morgan fingerprint density at radius 3 is 2.43 bits per heavy atom. The van der Waals surface area contributed by atoms with Crippen LogP contribution in [0.1, 0.15) is 15.9 Å². The predicted octanol–water partition coefficient (Wildman–Crippen LogP) is 4.56. The molecule has 3 nitrogen and oxygen atoms in total. The van der Waals surface area contributed by atoms with Crippen LogP contribution >= 0.6 is 39.1 Å². The highest BCUT2D eigenvalue weighted by atomic mass is 79.9. The number of nitrogens with one attached hydrogen (secondary N) is 1. The summed E-state index contributed by atoms with van der Waals surface area (Å²) >= 11 is 15.1. The van der Waals surface area contributed by atoms with E-state index in [1.165, 1.54) is 6.07 Å². The van der Waals surface area contributed by atoms with Gasteiger partial charge in [-0.15, -0.1) is 0 Å². The molecule has 2 aromatic carbocycles. The average Bonchev–Trinajstić information content (AvgIpc) is 2.48. The Morgan fingerprint density at radius 2 is 1.76 bits per heavy atom. The van der Waals surface area contributed by atoms with E-state index in [9.17, 15) is 9.59 Å². The fraction of sp³-hybridized carbons (Fsp3) is 0.0667. The fourth-order valence-corrected chi connectivity index (χ4v) is 2.32. The van der Waals surface area contributed by atoms with Crippen LogP contribution in [-0.2, 0) is 4.79 Å². The topological polar surface area (TPSA) is 46.2 Å². The van der Waals surface area contributed by atoms with Crippen LogP contribution in [0.4, 0.5) is 5.69 Å². The minimum Gasteiger partial charge on any atom is -0.325 e. The van der Waals surface area contributed by atoms with Gasteiger partial charge >= 0.3 is 0 Å². The molecule has 1 N–H and O–H groups in total. The molecule has 2 rings (SSSR count). The first-order valence-corrected chi connectivity index (χ1v) is 7.85. The summed E-state index contributed by atoms with van der Waals surface area (Å²) in [5, 5.41) is 3.54. The minimum absolute atomic E-state index is 0.134. The SMILES string of the molecule is O=C(CBr)Nc1ccc(Cl)cc1C(=O)c1ccccc1Cl. The van der Waals surface area contributed by atoms with Crippen molar-refractivity contribution in [1.82, 2.24) is 0 Å². The number of carbonyl (C=O) groups excluding carboxylic acids is 2. The third-order valence-corrected chi connectivity index (χ3v) is 3.81. The molecule has 0 aliphatic rings. The first-order valence-electron chi connectivity index (χ1n) is 5.97. The van der Waals surface area contributed by atoms with Crippen LogP contribution in [0.25, 0.3) is 0 Å². The lowest BCUT2D eigenvalue weighted by Crippen LogP contribution is -2.15. The zero-order chi connectivity index (χ0) is 15.4. The quantitative estimate of drug-likeness (QED) is 0.618. The second-order valence-corrected chi connectivity index (χ2v) is 5.59. The summed E-state index contributed by atoms with van der Waals surface area (Å²) in [6.45, 7) is 0. The summed E-state index contributed by atoms with van der Waals surface area (Å²) in [6.07, 6.45) is 0. The van der Waals surface area contributed by atoms with Gasteiger partial charge in [0.15, 0.2) is 5.78 Å². The molecule has 0 saturated heterocycles. The zero-order valence-electron chi connectivity index (χ0n) is 10.7. The van der Waals surface area contributed by atoms with Crippen molar-refractivity contribution in [3.05, 3.63) is 63.6 Å². The highest BCUT2D eigenvalue weighted by Gasteiger charge is 2.17. The van der Waals surface area contributed by atoms with E-state index in [0.717, 1.165) is 0 Å². The van der Waals surface area contributed by atoms with Crippen LogP contribution in [0.3, 0.4) is 0 Å². The number of anilines is 1. The van der Waals surface area contributed by atoms with Crippen LogP contribution in [0, 0.1) is 0 Å². The van der Waals surface area contributed by atoms with Gasteiger partial charge in [0, 0.05) is 16.1 Å². The molecule has 0 aliphatic carbocycles. The van der Waals surface area contributed by atoms with Gasteiger partial charge < -0.3 is 5.32 Å². The van der Waals surface area contributed by atoms with E-state index in [0.29, 0.717) is 26.9 Å². The first kappa shape index (κ1) is 16.0. The Kier molecular flexibility index (Phi) is 5.39. The predicted molar refractivity (Wildman–Crippen MR) is 88.8 cm³/mol. The molecule has 0 unspecified atom stereocenters. The van der Waals surface area contributed by atoms with Crippen LogP contribution in [0.2, 0.25) is 10.0 Å². The number of rotatable bonds is 4. The number of ketones is 1. The summed E-state index contributed by atoms with van der Waals surface area (Å²) in [5.74, 6) is -0.557. The van der Waals surface area contributed by atoms with Crippen molar-refractivity contribution in [1.29, 1.82) is 0 Å². The number of hydrogen-bond donors (Lipinski definition) is 1. The van der Waals surface area contributed by atoms with E-state index < -0.39 is 0 Å². The van der Waals surface area contributed by atoms with Gasteiger partial charge in [0.2, 0.25) is 5.91 Å². The Hall–Kier alpha value is -1.36. The number of hydrogen-bond acceptors (Lipinski definition) is 2. The van der Waals surface area contributed by atoms with Crippen LogP contribution in [0.5, 0.6) is 0 Å². The van der Waals surface area contributed by atoms with Crippen LogP contribution < -0.4 is 5.32 Å². The molecule has 1 amide bonds. The van der Waals surface area contributed by atoms with E-state index in [1.807, 2.05) is 0 Å². The van der Waals surface area contributed by atoms with Crippen molar-refractivity contribution < 1.29 is 9.59 Å². The normalized spacial score (nSPS) is 10.2. The van der Waals surface area contributed by atoms with E-state index in [4.69, 9.17) is 23.2 Å². The van der Waals surface area contributed by atoms with Gasteiger partial charge in [0.25, 0.3) is 0 Å². The minimum atomic E-state index is -0.298. The second kappa shape index (κ2) is 7.07. The fourth-order valence-electron chi connectivity index (χ4n) is 1.79. The maximum absolute atomic E-state index is 12.6. The molecule has 0 aromatic heterocycles. The number of halogens is 3. The molecule has 0 atom stereocenters. The van der Waals surface area contributed by atoms with Crippen molar-refractivity contribution in [2.24, 2.45) is 0 Å². The highest BCUT2D eigenvalue weighted by Crippen LogP contribution is 2.26. The summed E-state index contributed by atoms with van der Waals surface area (Å²) < 4.78 is 0. The third kappa shape index (κ3) is 3.84. The number of alkyl halides is 1. The van der Waals surface area contributed by atoms with Gasteiger partial charge in [-0.2, -0.15) is 0 Å². The number of benzene rings is 2. The molecule has 6 heteroatoms. The van der Waals surface area contributed by atoms with Crippen molar-refractivity contribution in [2.75, 3.05) is 10.6 Å². The molecule has 0 radical (unpaired) electrons. The summed E-state index contributed by atoms with van der Waals surface area (Å²) in [5.41, 5.74) is 1.05. The maximum atomic E-state index is 12.6. The Bertz CT molecular complexity index is 704. The van der Waals surface area contributed by atoms with E-state index in [2.05, 4.69) is 21.2 Å². The van der Waals surface area contributed by atoms with Gasteiger partial charge in [-0.1, -0.05) is 51.3 Å². The number of amides is 1. The second-order valence-electron chi connectivity index (χ2n) is 4.18. The Labute approximate surface area is 140 Å². The van der Waals surface area contributed by atoms with Gasteiger partial charge in [-0.3, -0.25) is 9.59 Å². The standard InChI is InChI=1S/C15H10BrCl2NO2/c16-8-14(20)19-13-6-5-9(17)7-11(13)15(21)10-3-1-2-4-12(10)18/h1-7H,8H2,(H,19,20). The highest BCUT2D eigenvalue weighted by molar-refractivity contribution is 9.09.